The number of aromatic nitrogens is 6. The van der Waals surface area contributed by atoms with Crippen molar-refractivity contribution in [3.63, 3.8) is 0 Å². The molecule has 2 saturated carbocycles. The highest BCUT2D eigenvalue weighted by Gasteiger charge is 2.37. The van der Waals surface area contributed by atoms with Gasteiger partial charge in [-0.25, -0.2) is 32.7 Å². The van der Waals surface area contributed by atoms with E-state index < -0.39 is 16.0 Å². The quantitative estimate of drug-likeness (QED) is 0.215. The van der Waals surface area contributed by atoms with Gasteiger partial charge in [0.1, 0.15) is 18.3 Å². The normalized spacial score (nSPS) is 19.0. The predicted molar refractivity (Wildman–Crippen MR) is 155 cm³/mol. The van der Waals surface area contributed by atoms with Crippen LogP contribution in [0.5, 0.6) is 0 Å². The lowest BCUT2D eigenvalue weighted by molar-refractivity contribution is 0.339. The van der Waals surface area contributed by atoms with Gasteiger partial charge in [-0.15, -0.1) is 0 Å². The molecule has 4 aromatic rings. The molecular weight excluding hydrogens is 564 g/mol. The minimum Gasteiger partial charge on any atom is -0.382 e. The molecule has 0 bridgehead atoms. The van der Waals surface area contributed by atoms with Gasteiger partial charge in [0.2, 0.25) is 5.95 Å². The molecule has 0 spiro atoms. The Balaban J connectivity index is 1.22. The molecule has 4 heterocycles. The first kappa shape index (κ1) is 28.1. The first-order chi connectivity index (χ1) is 20.4. The topological polar surface area (TPSA) is 140 Å². The van der Waals surface area contributed by atoms with Gasteiger partial charge < -0.3 is 16.0 Å². The first-order valence-electron chi connectivity index (χ1n) is 14.0. The van der Waals surface area contributed by atoms with Gasteiger partial charge in [-0.3, -0.25) is 0 Å². The molecule has 11 nitrogen and oxygen atoms in total. The van der Waals surface area contributed by atoms with Crippen LogP contribution in [-0.2, 0) is 10.0 Å². The van der Waals surface area contributed by atoms with Crippen LogP contribution < -0.4 is 16.0 Å². The van der Waals surface area contributed by atoms with Crippen LogP contribution >= 0.6 is 0 Å². The molecule has 0 atom stereocenters. The summed E-state index contributed by atoms with van der Waals surface area (Å²) in [4.78, 5) is 17.4. The third-order valence-corrected chi connectivity index (χ3v) is 9.48. The van der Waals surface area contributed by atoms with Crippen molar-refractivity contribution in [3.05, 3.63) is 61.1 Å². The number of hydrogen-bond donors (Lipinski definition) is 3. The second-order valence-electron chi connectivity index (χ2n) is 10.5. The maximum atomic E-state index is 14.0. The molecular formula is C28H31F2N9O2S. The summed E-state index contributed by atoms with van der Waals surface area (Å²) in [5.41, 5.74) is 2.33. The molecule has 0 radical (unpaired) electrons. The smallest absolute Gasteiger partial charge is 0.256 e. The fraction of sp³-hybridized carbons (Fsp3) is 0.393. The Morgan fingerprint density at radius 1 is 0.952 bits per heavy atom. The average Bonchev–Trinajstić information content (AvgIpc) is 3.74. The second kappa shape index (κ2) is 12.1. The lowest BCUT2D eigenvalue weighted by atomic mass is 9.90. The minimum absolute atomic E-state index is 0.171. The van der Waals surface area contributed by atoms with Crippen LogP contribution in [-0.4, -0.2) is 68.1 Å². The van der Waals surface area contributed by atoms with Crippen LogP contribution in [0.3, 0.4) is 0 Å². The van der Waals surface area contributed by atoms with Crippen molar-refractivity contribution >= 4 is 27.3 Å². The Hall–Kier alpha value is -4.04. The van der Waals surface area contributed by atoms with E-state index in [0.717, 1.165) is 35.5 Å². The van der Waals surface area contributed by atoms with Crippen LogP contribution in [0.4, 0.5) is 26.1 Å². The van der Waals surface area contributed by atoms with Crippen LogP contribution in [0.1, 0.15) is 38.5 Å². The summed E-state index contributed by atoms with van der Waals surface area (Å²) in [6, 6.07) is 8.61. The number of halogens is 2. The summed E-state index contributed by atoms with van der Waals surface area (Å²) < 4.78 is 52.6. The Morgan fingerprint density at radius 3 is 2.52 bits per heavy atom. The van der Waals surface area contributed by atoms with E-state index in [9.17, 15) is 17.2 Å². The van der Waals surface area contributed by atoms with Crippen molar-refractivity contribution in [2.75, 3.05) is 23.9 Å². The molecule has 3 N–H and O–H groups in total. The molecule has 2 aliphatic rings. The largest absolute Gasteiger partial charge is 0.382 e. The van der Waals surface area contributed by atoms with E-state index in [1.807, 2.05) is 6.07 Å². The Bertz CT molecular complexity index is 1650. The molecule has 2 fully saturated rings. The van der Waals surface area contributed by atoms with E-state index in [2.05, 4.69) is 41.0 Å². The zero-order valence-corrected chi connectivity index (χ0v) is 23.6. The average molecular weight is 596 g/mol. The van der Waals surface area contributed by atoms with Crippen molar-refractivity contribution in [1.29, 1.82) is 0 Å². The minimum atomic E-state index is -3.50. The number of pyridine rings is 2. The number of rotatable bonds is 11. The van der Waals surface area contributed by atoms with Crippen molar-refractivity contribution in [3.8, 4) is 22.6 Å². The Kier molecular flexibility index (Phi) is 8.07. The standard InChI is InChI=1S/C28H31F2N9O2S/c29-11-13-31-19-4-6-20(7-5-19)35-24-14-27(33-16-22(24)23-2-1-3-25(30)36-23)37-26-10-12-32-28(38-26)18-15-34-39(17-18)42(40,41)21-8-9-21/h1-3,10,12,14-17,19-21,31H,4-9,11,13H2,(H2,32,33,35,37,38). The maximum Gasteiger partial charge on any atom is 0.256 e. The zero-order valence-electron chi connectivity index (χ0n) is 22.7. The summed E-state index contributed by atoms with van der Waals surface area (Å²) in [6.45, 7) is -0.0149. The molecule has 42 heavy (non-hydrogen) atoms. The number of nitrogens with zero attached hydrogens (tertiary/aromatic N) is 6. The molecule has 0 saturated heterocycles. The fourth-order valence-corrected chi connectivity index (χ4v) is 6.58. The van der Waals surface area contributed by atoms with E-state index in [4.69, 9.17) is 0 Å². The summed E-state index contributed by atoms with van der Waals surface area (Å²) in [6.07, 6.45) is 11.0. The highest BCUT2D eigenvalue weighted by atomic mass is 32.2. The summed E-state index contributed by atoms with van der Waals surface area (Å²) in [5.74, 6) is 0.677. The van der Waals surface area contributed by atoms with E-state index in [1.165, 1.54) is 18.5 Å². The molecule has 220 valence electrons. The molecule has 0 amide bonds. The summed E-state index contributed by atoms with van der Waals surface area (Å²) in [5, 5.41) is 13.7. The maximum absolute atomic E-state index is 14.0. The summed E-state index contributed by atoms with van der Waals surface area (Å²) in [7, 11) is -3.50. The first-order valence-corrected chi connectivity index (χ1v) is 15.5. The van der Waals surface area contributed by atoms with Gasteiger partial charge in [0.25, 0.3) is 10.0 Å². The van der Waals surface area contributed by atoms with Gasteiger partial charge in [0.05, 0.1) is 28.9 Å². The molecule has 6 rings (SSSR count). The Morgan fingerprint density at radius 2 is 1.76 bits per heavy atom. The van der Waals surface area contributed by atoms with Crippen LogP contribution in [0, 0.1) is 5.95 Å². The van der Waals surface area contributed by atoms with Gasteiger partial charge in [-0.05, 0) is 56.7 Å². The molecule has 14 heteroatoms. The van der Waals surface area contributed by atoms with Gasteiger partial charge in [0.15, 0.2) is 5.82 Å². The molecule has 0 aromatic carbocycles. The number of anilines is 3. The van der Waals surface area contributed by atoms with Gasteiger partial charge in [0, 0.05) is 48.3 Å². The fourth-order valence-electron chi connectivity index (χ4n) is 5.10. The summed E-state index contributed by atoms with van der Waals surface area (Å²) >= 11 is 0. The second-order valence-corrected chi connectivity index (χ2v) is 12.6. The highest BCUT2D eigenvalue weighted by molar-refractivity contribution is 7.90. The van der Waals surface area contributed by atoms with Crippen LogP contribution in [0.25, 0.3) is 22.6 Å². The molecule has 0 unspecified atom stereocenters. The third-order valence-electron chi connectivity index (χ3n) is 7.45. The van der Waals surface area contributed by atoms with E-state index in [-0.39, 0.29) is 18.0 Å². The van der Waals surface area contributed by atoms with Gasteiger partial charge >= 0.3 is 0 Å². The predicted octanol–water partition coefficient (Wildman–Crippen LogP) is 4.30. The molecule has 2 aliphatic carbocycles. The monoisotopic (exact) mass is 595 g/mol. The van der Waals surface area contributed by atoms with Crippen molar-refractivity contribution in [1.82, 2.24) is 34.4 Å². The van der Waals surface area contributed by atoms with Gasteiger partial charge in [-0.2, -0.15) is 13.6 Å². The third kappa shape index (κ3) is 6.39. The van der Waals surface area contributed by atoms with E-state index in [1.54, 1.807) is 30.6 Å². The Labute approximate surface area is 242 Å². The van der Waals surface area contributed by atoms with Crippen molar-refractivity contribution in [2.24, 2.45) is 0 Å². The van der Waals surface area contributed by atoms with Gasteiger partial charge in [-0.1, -0.05) is 6.07 Å². The van der Waals surface area contributed by atoms with E-state index in [0.29, 0.717) is 59.7 Å². The van der Waals surface area contributed by atoms with Crippen LogP contribution in [0.2, 0.25) is 0 Å². The highest BCUT2D eigenvalue weighted by Crippen LogP contribution is 2.33. The molecule has 4 aromatic heterocycles. The SMILES string of the molecule is O=S(=O)(C1CC1)n1cc(-c2nccc(Nc3cc(NC4CCC(NCCF)CC4)c(-c4cccc(F)n4)cn3)n2)cn1. The number of alkyl halides is 1. The number of nitrogens with one attached hydrogen (secondary N) is 3. The van der Waals surface area contributed by atoms with Crippen molar-refractivity contribution in [2.45, 2.75) is 55.9 Å². The number of hydrogen-bond acceptors (Lipinski definition) is 10. The van der Waals surface area contributed by atoms with Crippen LogP contribution in [0.15, 0.2) is 55.1 Å². The van der Waals surface area contributed by atoms with Crippen molar-refractivity contribution < 1.29 is 17.2 Å². The lowest BCUT2D eigenvalue weighted by Crippen LogP contribution is -2.37. The zero-order chi connectivity index (χ0) is 29.1. The van der Waals surface area contributed by atoms with E-state index >= 15 is 0 Å². The molecule has 0 aliphatic heterocycles. The lowest BCUT2D eigenvalue weighted by Gasteiger charge is -2.31.